The van der Waals surface area contributed by atoms with Crippen molar-refractivity contribution in [2.75, 3.05) is 31.1 Å². The third-order valence-electron chi connectivity index (χ3n) is 6.45. The maximum Gasteiger partial charge on any atom is 0.291 e. The van der Waals surface area contributed by atoms with Crippen LogP contribution in [0.25, 0.3) is 16.6 Å². The SMILES string of the molecule is Cc1ccc(C)c(N2CCN(C(=O)[C@H](C)n3nc(C)n4c(cc5occc54)c3=O)CC2)c1. The number of fused-ring (bicyclic) bond motifs is 3. The molecule has 1 aliphatic heterocycles. The van der Waals surface area contributed by atoms with Gasteiger partial charge in [-0.05, 0) is 44.9 Å². The summed E-state index contributed by atoms with van der Waals surface area (Å²) >= 11 is 0. The highest BCUT2D eigenvalue weighted by atomic mass is 16.3. The van der Waals surface area contributed by atoms with Crippen LogP contribution in [0.5, 0.6) is 0 Å². The van der Waals surface area contributed by atoms with Crippen LogP contribution in [0.1, 0.15) is 29.9 Å². The average Bonchev–Trinajstić information content (AvgIpc) is 3.39. The van der Waals surface area contributed by atoms with Gasteiger partial charge in [0.05, 0.1) is 11.8 Å². The Bertz CT molecular complexity index is 1390. The molecule has 1 aliphatic rings. The van der Waals surface area contributed by atoms with Crippen molar-refractivity contribution in [1.29, 1.82) is 0 Å². The summed E-state index contributed by atoms with van der Waals surface area (Å²) in [5, 5.41) is 4.47. The summed E-state index contributed by atoms with van der Waals surface area (Å²) in [5.74, 6) is 0.551. The summed E-state index contributed by atoms with van der Waals surface area (Å²) in [6, 6.07) is 9.29. The number of rotatable bonds is 3. The van der Waals surface area contributed by atoms with Crippen LogP contribution in [-0.4, -0.2) is 51.2 Å². The van der Waals surface area contributed by atoms with Crippen molar-refractivity contribution in [1.82, 2.24) is 19.1 Å². The molecule has 0 N–H and O–H groups in total. The minimum Gasteiger partial charge on any atom is -0.463 e. The molecule has 32 heavy (non-hydrogen) atoms. The van der Waals surface area contributed by atoms with Crippen molar-refractivity contribution in [3.63, 3.8) is 0 Å². The zero-order valence-corrected chi connectivity index (χ0v) is 18.8. The Labute approximate surface area is 185 Å². The quantitative estimate of drug-likeness (QED) is 0.496. The van der Waals surface area contributed by atoms with Crippen molar-refractivity contribution >= 4 is 28.2 Å². The molecule has 166 valence electrons. The topological polar surface area (TPSA) is 76.0 Å². The molecule has 0 radical (unpaired) electrons. The van der Waals surface area contributed by atoms with E-state index >= 15 is 0 Å². The van der Waals surface area contributed by atoms with Gasteiger partial charge in [0.2, 0.25) is 5.91 Å². The van der Waals surface area contributed by atoms with Gasteiger partial charge >= 0.3 is 0 Å². The molecule has 0 unspecified atom stereocenters. The predicted molar refractivity (Wildman–Crippen MR) is 123 cm³/mol. The molecule has 1 saturated heterocycles. The average molecular weight is 434 g/mol. The molecule has 0 aliphatic carbocycles. The van der Waals surface area contributed by atoms with Gasteiger partial charge in [-0.1, -0.05) is 12.1 Å². The standard InChI is InChI=1S/C24H27N5O3/c1-15-5-6-16(2)20(13-15)26-8-10-27(11-9-26)23(30)17(3)29-24(31)21-14-22-19(7-12-32-22)28(21)18(4)25-29/h5-7,12-14,17H,8-11H2,1-4H3/t17-/m0/s1. The van der Waals surface area contributed by atoms with Crippen LogP contribution in [0.15, 0.2) is 45.8 Å². The van der Waals surface area contributed by atoms with E-state index in [0.29, 0.717) is 30.0 Å². The summed E-state index contributed by atoms with van der Waals surface area (Å²) < 4.78 is 8.53. The number of carbonyl (C=O) groups excluding carboxylic acids is 1. The van der Waals surface area contributed by atoms with Gasteiger partial charge in [-0.15, -0.1) is 0 Å². The Kier molecular flexibility index (Phi) is 4.80. The van der Waals surface area contributed by atoms with E-state index in [1.807, 2.05) is 17.9 Å². The number of aromatic nitrogens is 3. The minimum absolute atomic E-state index is 0.0841. The van der Waals surface area contributed by atoms with Gasteiger partial charge in [-0.25, -0.2) is 4.68 Å². The molecular formula is C24H27N5O3. The summed E-state index contributed by atoms with van der Waals surface area (Å²) in [5.41, 5.74) is 5.29. The molecule has 1 atom stereocenters. The number of anilines is 1. The van der Waals surface area contributed by atoms with Gasteiger partial charge in [0.1, 0.15) is 17.4 Å². The fourth-order valence-electron chi connectivity index (χ4n) is 4.65. The number of hydrogen-bond acceptors (Lipinski definition) is 5. The van der Waals surface area contributed by atoms with Crippen molar-refractivity contribution in [3.05, 3.63) is 63.9 Å². The van der Waals surface area contributed by atoms with Crippen LogP contribution >= 0.6 is 0 Å². The Morgan fingerprint density at radius 1 is 1.03 bits per heavy atom. The molecule has 4 heterocycles. The minimum atomic E-state index is -0.681. The van der Waals surface area contributed by atoms with E-state index in [0.717, 1.165) is 18.6 Å². The molecule has 3 aromatic heterocycles. The normalized spacial score (nSPS) is 15.6. The van der Waals surface area contributed by atoms with Gasteiger partial charge in [-0.2, -0.15) is 5.10 Å². The fraction of sp³-hybridized carbons (Fsp3) is 0.375. The number of nitrogens with zero attached hydrogens (tertiary/aromatic N) is 5. The third kappa shape index (κ3) is 3.18. The Morgan fingerprint density at radius 3 is 2.53 bits per heavy atom. The van der Waals surface area contributed by atoms with E-state index < -0.39 is 6.04 Å². The second-order valence-electron chi connectivity index (χ2n) is 8.61. The van der Waals surface area contributed by atoms with Gasteiger partial charge in [0.25, 0.3) is 5.56 Å². The van der Waals surface area contributed by atoms with E-state index in [1.165, 1.54) is 21.5 Å². The van der Waals surface area contributed by atoms with Crippen LogP contribution in [0.3, 0.4) is 0 Å². The molecule has 5 rings (SSSR count). The van der Waals surface area contributed by atoms with E-state index in [2.05, 4.69) is 42.0 Å². The van der Waals surface area contributed by atoms with Crippen LogP contribution in [0.4, 0.5) is 5.69 Å². The van der Waals surface area contributed by atoms with Crippen LogP contribution < -0.4 is 10.5 Å². The molecular weight excluding hydrogens is 406 g/mol. The number of piperazine rings is 1. The summed E-state index contributed by atoms with van der Waals surface area (Å²) in [6.45, 7) is 10.5. The van der Waals surface area contributed by atoms with Crippen molar-refractivity contribution in [3.8, 4) is 0 Å². The van der Waals surface area contributed by atoms with Crippen molar-refractivity contribution in [2.24, 2.45) is 0 Å². The zero-order valence-electron chi connectivity index (χ0n) is 18.8. The summed E-state index contributed by atoms with van der Waals surface area (Å²) in [6.07, 6.45) is 1.59. The van der Waals surface area contributed by atoms with Crippen LogP contribution in [-0.2, 0) is 4.79 Å². The fourth-order valence-corrected chi connectivity index (χ4v) is 4.65. The second-order valence-corrected chi connectivity index (χ2v) is 8.61. The lowest BCUT2D eigenvalue weighted by molar-refractivity contribution is -0.135. The van der Waals surface area contributed by atoms with E-state index in [9.17, 15) is 9.59 Å². The number of hydrogen-bond donors (Lipinski definition) is 0. The van der Waals surface area contributed by atoms with Crippen molar-refractivity contribution < 1.29 is 9.21 Å². The Hall–Kier alpha value is -3.55. The molecule has 0 saturated carbocycles. The first-order chi connectivity index (χ1) is 15.3. The molecule has 8 nitrogen and oxygen atoms in total. The van der Waals surface area contributed by atoms with E-state index in [1.54, 1.807) is 23.7 Å². The van der Waals surface area contributed by atoms with Gasteiger partial charge < -0.3 is 14.2 Å². The maximum atomic E-state index is 13.3. The molecule has 1 amide bonds. The highest BCUT2D eigenvalue weighted by Gasteiger charge is 2.28. The number of carbonyl (C=O) groups is 1. The van der Waals surface area contributed by atoms with Gasteiger partial charge in [0, 0.05) is 44.0 Å². The Morgan fingerprint density at radius 2 is 1.78 bits per heavy atom. The van der Waals surface area contributed by atoms with Crippen LogP contribution in [0, 0.1) is 20.8 Å². The molecule has 0 spiro atoms. The first kappa shape index (κ1) is 20.4. The molecule has 0 bridgehead atoms. The number of furan rings is 1. The summed E-state index contributed by atoms with van der Waals surface area (Å²) in [7, 11) is 0. The largest absolute Gasteiger partial charge is 0.463 e. The first-order valence-electron chi connectivity index (χ1n) is 10.9. The van der Waals surface area contributed by atoms with E-state index in [-0.39, 0.29) is 11.5 Å². The molecule has 1 aromatic carbocycles. The first-order valence-corrected chi connectivity index (χ1v) is 10.9. The molecule has 1 fully saturated rings. The van der Waals surface area contributed by atoms with Crippen LogP contribution in [0.2, 0.25) is 0 Å². The zero-order chi connectivity index (χ0) is 22.6. The third-order valence-corrected chi connectivity index (χ3v) is 6.45. The lowest BCUT2D eigenvalue weighted by atomic mass is 10.1. The smallest absolute Gasteiger partial charge is 0.291 e. The monoisotopic (exact) mass is 433 g/mol. The second kappa shape index (κ2) is 7.55. The lowest BCUT2D eigenvalue weighted by Gasteiger charge is -2.38. The maximum absolute atomic E-state index is 13.3. The van der Waals surface area contributed by atoms with E-state index in [4.69, 9.17) is 4.42 Å². The molecule has 4 aromatic rings. The lowest BCUT2D eigenvalue weighted by Crippen LogP contribution is -2.51. The number of benzene rings is 1. The summed E-state index contributed by atoms with van der Waals surface area (Å²) in [4.78, 5) is 30.6. The van der Waals surface area contributed by atoms with Gasteiger partial charge in [0.15, 0.2) is 5.58 Å². The van der Waals surface area contributed by atoms with Gasteiger partial charge in [-0.3, -0.25) is 14.0 Å². The highest BCUT2D eigenvalue weighted by molar-refractivity contribution is 5.83. The number of aryl methyl sites for hydroxylation is 3. The van der Waals surface area contributed by atoms with Crippen molar-refractivity contribution in [2.45, 2.75) is 33.7 Å². The predicted octanol–water partition coefficient (Wildman–Crippen LogP) is 3.08. The number of amides is 1. The Balaban J connectivity index is 1.37. The molecule has 8 heteroatoms. The highest BCUT2D eigenvalue weighted by Crippen LogP contribution is 2.24.